The highest BCUT2D eigenvalue weighted by atomic mass is 16.5. The fourth-order valence-corrected chi connectivity index (χ4v) is 4.01. The van der Waals surface area contributed by atoms with Gasteiger partial charge in [0.15, 0.2) is 6.10 Å². The molecule has 0 aromatic carbocycles. The number of ether oxygens (including phenoxy) is 1. The van der Waals surface area contributed by atoms with Crippen molar-refractivity contribution in [2.45, 2.75) is 148 Å². The Balaban J connectivity index is 4.15. The van der Waals surface area contributed by atoms with Crippen molar-refractivity contribution in [3.8, 4) is 0 Å². The molecule has 0 fully saturated rings. The molecule has 34 heavy (non-hydrogen) atoms. The van der Waals surface area contributed by atoms with Crippen LogP contribution in [0.3, 0.4) is 0 Å². The first kappa shape index (κ1) is 32.6. The van der Waals surface area contributed by atoms with Gasteiger partial charge in [0.25, 0.3) is 5.91 Å². The lowest BCUT2D eigenvalue weighted by molar-refractivity contribution is -0.155. The zero-order valence-electron chi connectivity index (χ0n) is 22.2. The minimum absolute atomic E-state index is 0.391. The van der Waals surface area contributed by atoms with Crippen molar-refractivity contribution >= 4 is 11.9 Å². The summed E-state index contributed by atoms with van der Waals surface area (Å²) in [6.45, 7) is 5.24. The largest absolute Gasteiger partial charge is 0.452 e. The van der Waals surface area contributed by atoms with E-state index in [1.807, 2.05) is 6.08 Å². The van der Waals surface area contributed by atoms with Gasteiger partial charge in [-0.1, -0.05) is 109 Å². The number of unbranched alkanes of at least 4 members (excludes halogenated alkanes) is 14. The predicted octanol–water partition coefficient (Wildman–Crippen LogP) is 5.98. The third kappa shape index (κ3) is 19.0. The average molecular weight is 484 g/mol. The lowest BCUT2D eigenvalue weighted by Crippen LogP contribution is -2.49. The molecule has 0 rings (SSSR count). The molecule has 6 heteroatoms. The number of nitrogens with one attached hydrogen (secondary N) is 1. The Morgan fingerprint density at radius 3 is 1.82 bits per heavy atom. The maximum Gasteiger partial charge on any atom is 0.303 e. The molecule has 0 aromatic rings. The molecule has 0 aliphatic rings. The van der Waals surface area contributed by atoms with E-state index in [-0.39, 0.29) is 0 Å². The number of amides is 1. The smallest absolute Gasteiger partial charge is 0.303 e. The summed E-state index contributed by atoms with van der Waals surface area (Å²) in [6.07, 6.45) is 21.1. The number of hydrogen-bond acceptors (Lipinski definition) is 5. The summed E-state index contributed by atoms with van der Waals surface area (Å²) in [7, 11) is 0. The fourth-order valence-electron chi connectivity index (χ4n) is 4.01. The van der Waals surface area contributed by atoms with Crippen LogP contribution in [0.15, 0.2) is 12.2 Å². The van der Waals surface area contributed by atoms with Crippen molar-refractivity contribution in [3.05, 3.63) is 12.2 Å². The molecule has 200 valence electrons. The van der Waals surface area contributed by atoms with Crippen LogP contribution in [-0.2, 0) is 14.3 Å². The van der Waals surface area contributed by atoms with Crippen molar-refractivity contribution in [3.63, 3.8) is 0 Å². The number of esters is 1. The standard InChI is InChI=1S/C28H53NO5/c1-4-6-8-10-11-12-13-14-15-16-17-18-19-21-26(32)25(23-30)29-28(33)27(34-24(3)31)22-20-9-7-5-2/h19,21,25-27,30,32H,4-18,20,22-23H2,1-3H3,(H,29,33). The Morgan fingerprint density at radius 2 is 1.32 bits per heavy atom. The van der Waals surface area contributed by atoms with Gasteiger partial charge in [0.05, 0.1) is 18.8 Å². The van der Waals surface area contributed by atoms with E-state index in [4.69, 9.17) is 4.74 Å². The van der Waals surface area contributed by atoms with Gasteiger partial charge in [0.2, 0.25) is 0 Å². The first-order valence-electron chi connectivity index (χ1n) is 13.9. The topological polar surface area (TPSA) is 95.9 Å². The molecule has 6 nitrogen and oxygen atoms in total. The fraction of sp³-hybridized carbons (Fsp3) is 0.857. The third-order valence-corrected chi connectivity index (χ3v) is 6.16. The second-order valence-electron chi connectivity index (χ2n) is 9.49. The molecule has 0 aliphatic carbocycles. The highest BCUT2D eigenvalue weighted by molar-refractivity contribution is 5.83. The summed E-state index contributed by atoms with van der Waals surface area (Å²) in [4.78, 5) is 23.9. The van der Waals surface area contributed by atoms with Crippen LogP contribution in [0.2, 0.25) is 0 Å². The van der Waals surface area contributed by atoms with Crippen LogP contribution < -0.4 is 5.32 Å². The number of aliphatic hydroxyl groups excluding tert-OH is 2. The van der Waals surface area contributed by atoms with E-state index in [1.54, 1.807) is 6.08 Å². The number of allylic oxidation sites excluding steroid dienone is 1. The summed E-state index contributed by atoms with van der Waals surface area (Å²) < 4.78 is 5.17. The highest BCUT2D eigenvalue weighted by Gasteiger charge is 2.26. The van der Waals surface area contributed by atoms with E-state index in [0.717, 1.165) is 38.5 Å². The van der Waals surface area contributed by atoms with Crippen LogP contribution in [0.4, 0.5) is 0 Å². The molecule has 0 aliphatic heterocycles. The lowest BCUT2D eigenvalue weighted by atomic mass is 10.0. The second kappa shape index (κ2) is 23.3. The lowest BCUT2D eigenvalue weighted by Gasteiger charge is -2.23. The maximum atomic E-state index is 12.6. The normalized spacial score (nSPS) is 14.1. The van der Waals surface area contributed by atoms with E-state index >= 15 is 0 Å². The third-order valence-electron chi connectivity index (χ3n) is 6.16. The molecule has 0 aromatic heterocycles. The van der Waals surface area contributed by atoms with Gasteiger partial charge in [-0.05, 0) is 25.7 Å². The van der Waals surface area contributed by atoms with E-state index in [2.05, 4.69) is 19.2 Å². The monoisotopic (exact) mass is 483 g/mol. The zero-order chi connectivity index (χ0) is 25.4. The van der Waals surface area contributed by atoms with Crippen LogP contribution in [0.5, 0.6) is 0 Å². The second-order valence-corrected chi connectivity index (χ2v) is 9.49. The number of rotatable bonds is 23. The molecule has 0 heterocycles. The molecule has 3 atom stereocenters. The molecule has 0 bridgehead atoms. The van der Waals surface area contributed by atoms with E-state index < -0.39 is 36.7 Å². The van der Waals surface area contributed by atoms with Crippen molar-refractivity contribution in [2.75, 3.05) is 6.61 Å². The Morgan fingerprint density at radius 1 is 0.824 bits per heavy atom. The van der Waals surface area contributed by atoms with Gasteiger partial charge in [0, 0.05) is 6.92 Å². The Bertz CT molecular complexity index is 523. The molecule has 3 unspecified atom stereocenters. The van der Waals surface area contributed by atoms with Crippen LogP contribution in [0.1, 0.15) is 130 Å². The molecule has 0 saturated carbocycles. The SMILES string of the molecule is CCCCCCCCCCCCCC=CC(O)C(CO)NC(=O)C(CCCCCC)OC(C)=O. The van der Waals surface area contributed by atoms with Crippen LogP contribution in [-0.4, -0.2) is 46.9 Å². The molecular weight excluding hydrogens is 430 g/mol. The van der Waals surface area contributed by atoms with Crippen LogP contribution in [0.25, 0.3) is 0 Å². The molecule has 0 radical (unpaired) electrons. The highest BCUT2D eigenvalue weighted by Crippen LogP contribution is 2.13. The summed E-state index contributed by atoms with van der Waals surface area (Å²) in [5.41, 5.74) is 0. The molecule has 0 spiro atoms. The number of carbonyl (C=O) groups is 2. The minimum atomic E-state index is -0.986. The molecule has 3 N–H and O–H groups in total. The quantitative estimate of drug-likeness (QED) is 0.0943. The summed E-state index contributed by atoms with van der Waals surface area (Å²) in [5, 5.41) is 22.7. The summed E-state index contributed by atoms with van der Waals surface area (Å²) in [5.74, 6) is -0.979. The van der Waals surface area contributed by atoms with Gasteiger partial charge in [-0.3, -0.25) is 9.59 Å². The molecule has 1 amide bonds. The number of aliphatic hydroxyl groups is 2. The van der Waals surface area contributed by atoms with Gasteiger partial charge >= 0.3 is 5.97 Å². The zero-order valence-corrected chi connectivity index (χ0v) is 22.2. The number of hydrogen-bond donors (Lipinski definition) is 3. The van der Waals surface area contributed by atoms with Gasteiger partial charge in [-0.2, -0.15) is 0 Å². The number of carbonyl (C=O) groups excluding carboxylic acids is 2. The average Bonchev–Trinajstić information content (AvgIpc) is 2.81. The van der Waals surface area contributed by atoms with E-state index in [9.17, 15) is 19.8 Å². The van der Waals surface area contributed by atoms with Gasteiger partial charge < -0.3 is 20.3 Å². The minimum Gasteiger partial charge on any atom is -0.452 e. The van der Waals surface area contributed by atoms with Gasteiger partial charge in [-0.15, -0.1) is 0 Å². The Hall–Kier alpha value is -1.40. The van der Waals surface area contributed by atoms with Crippen molar-refractivity contribution in [1.82, 2.24) is 5.32 Å². The first-order chi connectivity index (χ1) is 16.5. The summed E-state index contributed by atoms with van der Waals surface area (Å²) in [6, 6.07) is -0.824. The Kier molecular flexibility index (Phi) is 22.4. The maximum absolute atomic E-state index is 12.6. The van der Waals surface area contributed by atoms with E-state index in [0.29, 0.717) is 6.42 Å². The molecular formula is C28H53NO5. The first-order valence-corrected chi connectivity index (χ1v) is 13.9. The van der Waals surface area contributed by atoms with Crippen LogP contribution >= 0.6 is 0 Å². The van der Waals surface area contributed by atoms with Crippen LogP contribution in [0, 0.1) is 0 Å². The molecule has 0 saturated heterocycles. The summed E-state index contributed by atoms with van der Waals surface area (Å²) >= 11 is 0. The Labute approximate surface area is 208 Å². The van der Waals surface area contributed by atoms with E-state index in [1.165, 1.54) is 71.1 Å². The van der Waals surface area contributed by atoms with Crippen molar-refractivity contribution in [2.24, 2.45) is 0 Å². The van der Waals surface area contributed by atoms with Crippen molar-refractivity contribution < 1.29 is 24.5 Å². The van der Waals surface area contributed by atoms with Gasteiger partial charge in [-0.25, -0.2) is 0 Å². The van der Waals surface area contributed by atoms with Gasteiger partial charge in [0.1, 0.15) is 0 Å². The predicted molar refractivity (Wildman–Crippen MR) is 140 cm³/mol. The van der Waals surface area contributed by atoms with Crippen molar-refractivity contribution in [1.29, 1.82) is 0 Å².